The van der Waals surface area contributed by atoms with Crippen molar-refractivity contribution in [2.24, 2.45) is 0 Å². The topological polar surface area (TPSA) is 16.1 Å². The van der Waals surface area contributed by atoms with Crippen LogP contribution in [0, 0.1) is 13.8 Å². The number of hydrogen-bond acceptors (Lipinski definition) is 2. The van der Waals surface area contributed by atoms with Crippen LogP contribution < -0.4 is 4.90 Å². The van der Waals surface area contributed by atoms with E-state index in [1.807, 2.05) is 18.0 Å². The van der Waals surface area contributed by atoms with Gasteiger partial charge in [0.15, 0.2) is 0 Å². The lowest BCUT2D eigenvalue weighted by atomic mass is 10.1. The summed E-state index contributed by atoms with van der Waals surface area (Å²) in [5.74, 6) is 0.851. The lowest BCUT2D eigenvalue weighted by molar-refractivity contribution is 1.11. The summed E-state index contributed by atoms with van der Waals surface area (Å²) >= 11 is 9.40. The number of rotatable bonds is 2. The second kappa shape index (κ2) is 5.29. The molecule has 2 aromatic rings. The van der Waals surface area contributed by atoms with E-state index in [4.69, 9.17) is 11.6 Å². The van der Waals surface area contributed by atoms with Crippen LogP contribution in [0.2, 0.25) is 5.02 Å². The van der Waals surface area contributed by atoms with Crippen LogP contribution in [0.3, 0.4) is 0 Å². The molecule has 0 bridgehead atoms. The van der Waals surface area contributed by atoms with E-state index < -0.39 is 0 Å². The third-order valence-corrected chi connectivity index (χ3v) is 3.49. The van der Waals surface area contributed by atoms with Crippen molar-refractivity contribution in [2.75, 3.05) is 11.9 Å². The van der Waals surface area contributed by atoms with E-state index in [1.165, 1.54) is 11.1 Å². The van der Waals surface area contributed by atoms with Crippen LogP contribution in [0.1, 0.15) is 11.1 Å². The van der Waals surface area contributed by atoms with E-state index in [1.54, 1.807) is 6.20 Å². The Balaban J connectivity index is 2.44. The minimum absolute atomic E-state index is 0.624. The zero-order valence-electron chi connectivity index (χ0n) is 10.5. The lowest BCUT2D eigenvalue weighted by Gasteiger charge is -2.20. The monoisotopic (exact) mass is 324 g/mol. The van der Waals surface area contributed by atoms with Crippen LogP contribution in [0.4, 0.5) is 11.5 Å². The summed E-state index contributed by atoms with van der Waals surface area (Å²) in [7, 11) is 2.00. The van der Waals surface area contributed by atoms with Gasteiger partial charge in [0.2, 0.25) is 0 Å². The van der Waals surface area contributed by atoms with Gasteiger partial charge in [0.25, 0.3) is 0 Å². The van der Waals surface area contributed by atoms with Crippen molar-refractivity contribution in [3.05, 3.63) is 51.1 Å². The molecule has 0 radical (unpaired) electrons. The van der Waals surface area contributed by atoms with E-state index in [-0.39, 0.29) is 0 Å². The second-order valence-electron chi connectivity index (χ2n) is 4.36. The number of halogens is 2. The molecule has 94 valence electrons. The molecule has 0 amide bonds. The Labute approximate surface area is 121 Å². The van der Waals surface area contributed by atoms with Gasteiger partial charge in [-0.2, -0.15) is 0 Å². The first kappa shape index (κ1) is 13.4. The fourth-order valence-corrected chi connectivity index (χ4v) is 2.83. The molecule has 1 aromatic heterocycles. The third kappa shape index (κ3) is 2.85. The molecule has 0 N–H and O–H groups in total. The normalized spacial score (nSPS) is 10.5. The highest BCUT2D eigenvalue weighted by Crippen LogP contribution is 2.31. The molecule has 0 spiro atoms. The summed E-state index contributed by atoms with van der Waals surface area (Å²) in [4.78, 5) is 6.40. The Morgan fingerprint density at radius 1 is 1.11 bits per heavy atom. The van der Waals surface area contributed by atoms with Crippen molar-refractivity contribution in [3.63, 3.8) is 0 Å². The first-order chi connectivity index (χ1) is 8.47. The molecule has 4 heteroatoms. The maximum atomic E-state index is 5.91. The van der Waals surface area contributed by atoms with Gasteiger partial charge < -0.3 is 4.90 Å². The van der Waals surface area contributed by atoms with Crippen molar-refractivity contribution in [3.8, 4) is 0 Å². The number of aryl methyl sites for hydroxylation is 2. The summed E-state index contributed by atoms with van der Waals surface area (Å²) in [6.07, 6.45) is 1.65. The summed E-state index contributed by atoms with van der Waals surface area (Å²) in [5.41, 5.74) is 3.59. The molecule has 0 unspecified atom stereocenters. The van der Waals surface area contributed by atoms with Crippen molar-refractivity contribution < 1.29 is 0 Å². The van der Waals surface area contributed by atoms with Crippen LogP contribution in [0.5, 0.6) is 0 Å². The molecule has 18 heavy (non-hydrogen) atoms. The smallest absolute Gasteiger partial charge is 0.147 e. The number of anilines is 2. The van der Waals surface area contributed by atoms with Gasteiger partial charge in [-0.1, -0.05) is 17.7 Å². The molecule has 1 aromatic carbocycles. The molecular formula is C14H14BrClN2. The van der Waals surface area contributed by atoms with Crippen LogP contribution in [0.25, 0.3) is 0 Å². The quantitative estimate of drug-likeness (QED) is 0.782. The Bertz CT molecular complexity index is 564. The SMILES string of the molecule is Cc1cc(C)cc(N(C)c2ncc(Cl)cc2Br)c1. The third-order valence-electron chi connectivity index (χ3n) is 2.70. The molecule has 0 aliphatic heterocycles. The predicted molar refractivity (Wildman–Crippen MR) is 80.9 cm³/mol. The molecule has 0 fully saturated rings. The molecule has 0 saturated carbocycles. The van der Waals surface area contributed by atoms with Gasteiger partial charge in [0.05, 0.1) is 9.50 Å². The van der Waals surface area contributed by atoms with Gasteiger partial charge in [0.1, 0.15) is 5.82 Å². The summed E-state index contributed by atoms with van der Waals surface area (Å²) < 4.78 is 0.886. The van der Waals surface area contributed by atoms with E-state index >= 15 is 0 Å². The van der Waals surface area contributed by atoms with Crippen molar-refractivity contribution in [1.82, 2.24) is 4.98 Å². The molecular weight excluding hydrogens is 312 g/mol. The summed E-state index contributed by atoms with van der Waals surface area (Å²) in [5, 5.41) is 0.624. The lowest BCUT2D eigenvalue weighted by Crippen LogP contribution is -2.12. The second-order valence-corrected chi connectivity index (χ2v) is 5.65. The van der Waals surface area contributed by atoms with Crippen LogP contribution >= 0.6 is 27.5 Å². The molecule has 0 aliphatic carbocycles. The van der Waals surface area contributed by atoms with Gasteiger partial charge in [-0.05, 0) is 59.1 Å². The molecule has 0 saturated heterocycles. The maximum absolute atomic E-state index is 5.91. The van der Waals surface area contributed by atoms with Crippen LogP contribution in [-0.2, 0) is 0 Å². The summed E-state index contributed by atoms with van der Waals surface area (Å²) in [6.45, 7) is 4.18. The highest BCUT2D eigenvalue weighted by atomic mass is 79.9. The van der Waals surface area contributed by atoms with Crippen LogP contribution in [-0.4, -0.2) is 12.0 Å². The predicted octanol–water partition coefficient (Wildman–Crippen LogP) is 4.88. The average molecular weight is 326 g/mol. The first-order valence-corrected chi connectivity index (χ1v) is 6.77. The van der Waals surface area contributed by atoms with Gasteiger partial charge in [-0.3, -0.25) is 0 Å². The van der Waals surface area contributed by atoms with Crippen molar-refractivity contribution in [1.29, 1.82) is 0 Å². The molecule has 0 aliphatic rings. The molecule has 2 rings (SSSR count). The van der Waals surface area contributed by atoms with Gasteiger partial charge >= 0.3 is 0 Å². The highest BCUT2D eigenvalue weighted by molar-refractivity contribution is 9.10. The zero-order valence-corrected chi connectivity index (χ0v) is 12.9. The highest BCUT2D eigenvalue weighted by Gasteiger charge is 2.10. The number of benzene rings is 1. The minimum atomic E-state index is 0.624. The van der Waals surface area contributed by atoms with Gasteiger partial charge in [-0.25, -0.2) is 4.98 Å². The molecule has 0 atom stereocenters. The average Bonchev–Trinajstić information content (AvgIpc) is 2.26. The van der Waals surface area contributed by atoms with Crippen molar-refractivity contribution in [2.45, 2.75) is 13.8 Å². The van der Waals surface area contributed by atoms with Crippen molar-refractivity contribution >= 4 is 39.0 Å². The zero-order chi connectivity index (χ0) is 13.3. The van der Waals surface area contributed by atoms with E-state index in [0.717, 1.165) is 16.0 Å². The Morgan fingerprint density at radius 3 is 2.28 bits per heavy atom. The number of aromatic nitrogens is 1. The largest absolute Gasteiger partial charge is 0.329 e. The first-order valence-electron chi connectivity index (χ1n) is 5.60. The number of pyridine rings is 1. The number of nitrogens with zero attached hydrogens (tertiary/aromatic N) is 2. The minimum Gasteiger partial charge on any atom is -0.329 e. The van der Waals surface area contributed by atoms with Crippen LogP contribution in [0.15, 0.2) is 34.9 Å². The molecule has 1 heterocycles. The summed E-state index contributed by atoms with van der Waals surface area (Å²) in [6, 6.07) is 8.27. The number of hydrogen-bond donors (Lipinski definition) is 0. The maximum Gasteiger partial charge on any atom is 0.147 e. The Kier molecular flexibility index (Phi) is 3.93. The van der Waals surface area contributed by atoms with Gasteiger partial charge in [-0.15, -0.1) is 0 Å². The van der Waals surface area contributed by atoms with E-state index in [0.29, 0.717) is 5.02 Å². The van der Waals surface area contributed by atoms with Gasteiger partial charge in [0, 0.05) is 18.9 Å². The van der Waals surface area contributed by atoms with E-state index in [9.17, 15) is 0 Å². The standard InChI is InChI=1S/C14H14BrClN2/c1-9-4-10(2)6-12(5-9)18(3)14-13(15)7-11(16)8-17-14/h4-8H,1-3H3. The Hall–Kier alpha value is -1.06. The van der Waals surface area contributed by atoms with E-state index in [2.05, 4.69) is 53.0 Å². The Morgan fingerprint density at radius 2 is 1.72 bits per heavy atom. The molecule has 2 nitrogen and oxygen atoms in total. The fourth-order valence-electron chi connectivity index (χ4n) is 1.92. The fraction of sp³-hybridized carbons (Fsp3) is 0.214.